The van der Waals surface area contributed by atoms with E-state index in [4.69, 9.17) is 6.58 Å². The van der Waals surface area contributed by atoms with Crippen molar-refractivity contribution in [3.63, 3.8) is 0 Å². The molecule has 0 fully saturated rings. The van der Waals surface area contributed by atoms with Crippen molar-refractivity contribution in [1.82, 2.24) is 13.7 Å². The minimum absolute atomic E-state index is 0.406. The van der Waals surface area contributed by atoms with Crippen molar-refractivity contribution in [3.8, 4) is 12.1 Å². The highest BCUT2D eigenvalue weighted by Gasteiger charge is 2.43. The average Bonchev–Trinajstić information content (AvgIpc) is 3.96. The van der Waals surface area contributed by atoms with Crippen molar-refractivity contribution >= 4 is 76.7 Å². The maximum atomic E-state index is 10.6. The predicted molar refractivity (Wildman–Crippen MR) is 251 cm³/mol. The van der Waals surface area contributed by atoms with Gasteiger partial charge < -0.3 is 13.7 Å². The molecule has 286 valence electrons. The molecule has 0 spiro atoms. The summed E-state index contributed by atoms with van der Waals surface area (Å²) < 4.78 is 7.20. The highest BCUT2D eigenvalue weighted by Crippen LogP contribution is 2.49. The number of para-hydroxylation sites is 6. The number of benzene rings is 8. The Kier molecular flexibility index (Phi) is 8.31. The predicted octanol–water partition coefficient (Wildman–Crippen LogP) is 13.5. The quantitative estimate of drug-likeness (QED) is 0.144. The largest absolute Gasteiger partial charge is 0.337 e. The summed E-state index contributed by atoms with van der Waals surface area (Å²) in [6.45, 7) is 5.34. The Labute approximate surface area is 352 Å². The third-order valence-electron chi connectivity index (χ3n) is 12.4. The van der Waals surface area contributed by atoms with Crippen LogP contribution in [-0.2, 0) is 12.1 Å². The molecule has 3 aromatic heterocycles. The van der Waals surface area contributed by atoms with Crippen LogP contribution >= 0.6 is 0 Å². The average molecular weight is 780 g/mol. The first-order valence-corrected chi connectivity index (χ1v) is 20.4. The van der Waals surface area contributed by atoms with Crippen LogP contribution in [0.2, 0.25) is 0 Å². The van der Waals surface area contributed by atoms with Crippen LogP contribution in [0.1, 0.15) is 22.3 Å². The zero-order valence-electron chi connectivity index (χ0n) is 33.2. The van der Waals surface area contributed by atoms with Gasteiger partial charge in [0.15, 0.2) is 0 Å². The third-order valence-corrected chi connectivity index (χ3v) is 12.4. The van der Waals surface area contributed by atoms with Crippen LogP contribution in [0.3, 0.4) is 0 Å². The van der Waals surface area contributed by atoms with E-state index in [1.807, 2.05) is 12.1 Å². The Balaban J connectivity index is 1.36. The van der Waals surface area contributed by atoms with E-state index in [-0.39, 0.29) is 0 Å². The summed E-state index contributed by atoms with van der Waals surface area (Å²) in [5.41, 5.74) is 9.58. The normalized spacial score (nSPS) is 12.9. The lowest BCUT2D eigenvalue weighted by atomic mass is 9.76. The highest BCUT2D eigenvalue weighted by molar-refractivity contribution is 6.12. The Morgan fingerprint density at radius 1 is 0.475 bits per heavy atom. The van der Waals surface area contributed by atoms with E-state index >= 15 is 0 Å². The van der Waals surface area contributed by atoms with E-state index in [1.54, 1.807) is 6.07 Å². The first-order valence-electron chi connectivity index (χ1n) is 20.4. The summed E-state index contributed by atoms with van der Waals surface area (Å²) in [5, 5.41) is 28.0. The number of hydrogen-bond donors (Lipinski definition) is 0. The van der Waals surface area contributed by atoms with E-state index < -0.39 is 5.54 Å². The second kappa shape index (κ2) is 14.2. The van der Waals surface area contributed by atoms with Crippen LogP contribution in [-0.4, -0.2) is 13.7 Å². The van der Waals surface area contributed by atoms with E-state index in [1.165, 1.54) is 10.8 Å². The highest BCUT2D eigenvalue weighted by atomic mass is 15.1. The van der Waals surface area contributed by atoms with E-state index in [0.29, 0.717) is 17.7 Å². The van der Waals surface area contributed by atoms with Crippen molar-refractivity contribution in [2.75, 3.05) is 0 Å². The zero-order chi connectivity index (χ0) is 41.1. The SMILES string of the molecule is C=C(/C=C(/c1cc(C#N)cc(C#N)c1)C(Cn1c2ccccc2c2ccccc21)(c1ccccc1)n1c2ccccc2c2ccccc21)n1c2ccccc2c2ccccc21. The second-order valence-electron chi connectivity index (χ2n) is 15.7. The van der Waals surface area contributed by atoms with E-state index in [9.17, 15) is 10.5 Å². The van der Waals surface area contributed by atoms with Gasteiger partial charge in [-0.2, -0.15) is 10.5 Å². The van der Waals surface area contributed by atoms with Gasteiger partial charge in [0.25, 0.3) is 0 Å². The molecule has 3 heterocycles. The standard InChI is InChI=1S/C56H37N5/c1-38(60-52-27-13-7-21-45(52)46-22-8-14-28-53(46)60)31-49(41-33-39(35-57)32-40(34-41)36-58)56(42-17-3-2-4-18-42,61-54-29-15-9-23-47(54)48-24-10-16-30-55(48)61)37-59-50-25-11-5-19-43(50)44-20-6-12-26-51(44)59/h2-34H,1,37H2/b49-31-. The van der Waals surface area contributed by atoms with Gasteiger partial charge in [0, 0.05) is 49.0 Å². The molecule has 8 aromatic carbocycles. The number of rotatable bonds is 8. The molecule has 61 heavy (non-hydrogen) atoms. The molecule has 1 atom stereocenters. The van der Waals surface area contributed by atoms with E-state index in [0.717, 1.165) is 77.0 Å². The molecule has 0 bridgehead atoms. The monoisotopic (exact) mass is 779 g/mol. The van der Waals surface area contributed by atoms with Crippen LogP contribution < -0.4 is 0 Å². The van der Waals surface area contributed by atoms with Crippen molar-refractivity contribution in [2.45, 2.75) is 12.1 Å². The molecule has 0 aliphatic heterocycles. The number of hydrogen-bond acceptors (Lipinski definition) is 2. The van der Waals surface area contributed by atoms with Crippen LogP contribution in [0.25, 0.3) is 76.7 Å². The van der Waals surface area contributed by atoms with Gasteiger partial charge in [0.2, 0.25) is 0 Å². The second-order valence-corrected chi connectivity index (χ2v) is 15.7. The van der Waals surface area contributed by atoms with Gasteiger partial charge in [-0.05, 0) is 77.4 Å². The lowest BCUT2D eigenvalue weighted by Crippen LogP contribution is -2.41. The lowest BCUT2D eigenvalue weighted by Gasteiger charge is -2.41. The first kappa shape index (κ1) is 35.8. The van der Waals surface area contributed by atoms with Gasteiger partial charge >= 0.3 is 0 Å². The Morgan fingerprint density at radius 3 is 1.31 bits per heavy atom. The minimum atomic E-state index is -1.04. The summed E-state index contributed by atoms with van der Waals surface area (Å²) in [6, 6.07) is 72.4. The summed E-state index contributed by atoms with van der Waals surface area (Å²) in [6.07, 6.45) is 2.21. The summed E-state index contributed by atoms with van der Waals surface area (Å²) in [4.78, 5) is 0. The van der Waals surface area contributed by atoms with Gasteiger partial charge in [-0.15, -0.1) is 0 Å². The summed E-state index contributed by atoms with van der Waals surface area (Å²) >= 11 is 0. The molecule has 5 nitrogen and oxygen atoms in total. The van der Waals surface area contributed by atoms with Gasteiger partial charge in [0.05, 0.1) is 51.9 Å². The van der Waals surface area contributed by atoms with Crippen LogP contribution in [0.5, 0.6) is 0 Å². The van der Waals surface area contributed by atoms with Gasteiger partial charge in [0.1, 0.15) is 5.54 Å². The molecule has 0 saturated carbocycles. The fourth-order valence-corrected chi connectivity index (χ4v) is 9.92. The molecule has 0 amide bonds. The molecule has 11 rings (SSSR count). The third kappa shape index (κ3) is 5.46. The molecule has 0 radical (unpaired) electrons. The van der Waals surface area contributed by atoms with Crippen molar-refractivity contribution < 1.29 is 0 Å². The Morgan fingerprint density at radius 2 is 0.852 bits per heavy atom. The van der Waals surface area contributed by atoms with Gasteiger partial charge in [-0.1, -0.05) is 146 Å². The number of nitrogens with zero attached hydrogens (tertiary/aromatic N) is 5. The van der Waals surface area contributed by atoms with E-state index in [2.05, 4.69) is 208 Å². The van der Waals surface area contributed by atoms with Crippen LogP contribution in [0.15, 0.2) is 207 Å². The van der Waals surface area contributed by atoms with Gasteiger partial charge in [-0.3, -0.25) is 0 Å². The number of allylic oxidation sites excluding steroid dienone is 3. The first-order chi connectivity index (χ1) is 30.1. The fraction of sp³-hybridized carbons (Fsp3) is 0.0357. The number of fused-ring (bicyclic) bond motifs is 9. The summed E-state index contributed by atoms with van der Waals surface area (Å²) in [7, 11) is 0. The molecule has 0 aliphatic carbocycles. The smallest absolute Gasteiger partial charge is 0.114 e. The Hall–Kier alpha value is -8.38. The molecular formula is C56H37N5. The molecule has 1 unspecified atom stereocenters. The zero-order valence-corrected chi connectivity index (χ0v) is 33.2. The maximum absolute atomic E-state index is 10.6. The fourth-order valence-electron chi connectivity index (χ4n) is 9.92. The number of nitriles is 2. The summed E-state index contributed by atoms with van der Waals surface area (Å²) in [5.74, 6) is 0. The molecule has 11 aromatic rings. The van der Waals surface area contributed by atoms with Crippen molar-refractivity contribution in [1.29, 1.82) is 10.5 Å². The molecule has 0 N–H and O–H groups in total. The van der Waals surface area contributed by atoms with Gasteiger partial charge in [-0.25, -0.2) is 0 Å². The Bertz CT molecular complexity index is 3480. The molecule has 0 saturated heterocycles. The van der Waals surface area contributed by atoms with Crippen molar-refractivity contribution in [3.05, 3.63) is 229 Å². The molecule has 0 aliphatic rings. The molecular weight excluding hydrogens is 743 g/mol. The lowest BCUT2D eigenvalue weighted by molar-refractivity contribution is 0.428. The maximum Gasteiger partial charge on any atom is 0.114 e. The van der Waals surface area contributed by atoms with Crippen molar-refractivity contribution in [2.24, 2.45) is 0 Å². The van der Waals surface area contributed by atoms with Crippen LogP contribution in [0, 0.1) is 22.7 Å². The molecule has 5 heteroatoms. The minimum Gasteiger partial charge on any atom is -0.337 e. The number of aromatic nitrogens is 3. The van der Waals surface area contributed by atoms with Crippen LogP contribution in [0.4, 0.5) is 0 Å². The topological polar surface area (TPSA) is 62.4 Å².